The second-order valence-electron chi connectivity index (χ2n) is 6.45. The number of aromatic nitrogens is 3. The number of amides is 1. The van der Waals surface area contributed by atoms with Crippen molar-refractivity contribution in [2.45, 2.75) is 9.79 Å². The molecule has 9 heteroatoms. The average Bonchev–Trinajstić information content (AvgIpc) is 3.32. The normalized spacial score (nSPS) is 12.1. The Kier molecular flexibility index (Phi) is 5.19. The average molecular weight is 447 g/mol. The highest BCUT2D eigenvalue weighted by atomic mass is 32.2. The Bertz CT molecular complexity index is 1230. The summed E-state index contributed by atoms with van der Waals surface area (Å²) in [6.45, 7) is -0.402. The lowest BCUT2D eigenvalue weighted by Gasteiger charge is -2.30. The van der Waals surface area contributed by atoms with Crippen LogP contribution >= 0.6 is 23.1 Å². The van der Waals surface area contributed by atoms with Crippen molar-refractivity contribution in [3.8, 4) is 10.8 Å². The van der Waals surface area contributed by atoms with Crippen molar-refractivity contribution in [1.29, 1.82) is 0 Å². The zero-order valence-corrected chi connectivity index (χ0v) is 17.6. The van der Waals surface area contributed by atoms with Gasteiger partial charge in [0.25, 0.3) is 5.91 Å². The molecule has 1 aliphatic rings. The smallest absolute Gasteiger partial charge is 0.358 e. The van der Waals surface area contributed by atoms with Crippen LogP contribution in [0.4, 0.5) is 11.4 Å². The van der Waals surface area contributed by atoms with Crippen LogP contribution in [0.15, 0.2) is 82.2 Å². The lowest BCUT2D eigenvalue weighted by Crippen LogP contribution is -2.32. The van der Waals surface area contributed by atoms with Crippen LogP contribution in [0.3, 0.4) is 0 Å². The van der Waals surface area contributed by atoms with Gasteiger partial charge in [0.05, 0.1) is 11.4 Å². The molecule has 31 heavy (non-hydrogen) atoms. The molecule has 5 rings (SSSR count). The Morgan fingerprint density at radius 1 is 0.903 bits per heavy atom. The minimum atomic E-state index is -0.667. The molecule has 0 N–H and O–H groups in total. The molecule has 0 bridgehead atoms. The van der Waals surface area contributed by atoms with Gasteiger partial charge >= 0.3 is 5.97 Å². The molecule has 1 amide bonds. The SMILES string of the molecule is O=C(OCC(=O)N1c2ccccc2Sc2ccccc21)c1csc(-c2ncccn2)n1. The van der Waals surface area contributed by atoms with Gasteiger partial charge in [0.1, 0.15) is 0 Å². The van der Waals surface area contributed by atoms with Gasteiger partial charge in [-0.1, -0.05) is 36.0 Å². The molecule has 0 unspecified atom stereocenters. The maximum Gasteiger partial charge on any atom is 0.358 e. The van der Waals surface area contributed by atoms with E-state index in [1.807, 2.05) is 48.5 Å². The fourth-order valence-electron chi connectivity index (χ4n) is 3.12. The topological polar surface area (TPSA) is 85.3 Å². The van der Waals surface area contributed by atoms with Gasteiger partial charge in [-0.3, -0.25) is 9.69 Å². The molecule has 0 saturated heterocycles. The summed E-state index contributed by atoms with van der Waals surface area (Å²) in [5.74, 6) is -0.572. The van der Waals surface area contributed by atoms with Crippen molar-refractivity contribution in [3.05, 3.63) is 78.1 Å². The summed E-state index contributed by atoms with van der Waals surface area (Å²) in [5, 5.41) is 2.08. The molecule has 0 spiro atoms. The lowest BCUT2D eigenvalue weighted by atomic mass is 10.2. The third-order valence-electron chi connectivity index (χ3n) is 4.48. The number of fused-ring (bicyclic) bond motifs is 2. The predicted molar refractivity (Wildman–Crippen MR) is 118 cm³/mol. The van der Waals surface area contributed by atoms with Crippen LogP contribution < -0.4 is 4.90 Å². The number of rotatable bonds is 4. The Hall–Kier alpha value is -3.56. The van der Waals surface area contributed by atoms with Crippen LogP contribution in [0.2, 0.25) is 0 Å². The Balaban J connectivity index is 1.34. The highest BCUT2D eigenvalue weighted by Crippen LogP contribution is 2.47. The molecule has 0 aliphatic carbocycles. The van der Waals surface area contributed by atoms with E-state index in [0.717, 1.165) is 21.2 Å². The van der Waals surface area contributed by atoms with Crippen LogP contribution in [0.1, 0.15) is 10.5 Å². The van der Waals surface area contributed by atoms with Gasteiger partial charge in [0.15, 0.2) is 23.1 Å². The van der Waals surface area contributed by atoms with Gasteiger partial charge in [-0.25, -0.2) is 19.7 Å². The second kappa shape index (κ2) is 8.29. The Morgan fingerprint density at radius 2 is 1.55 bits per heavy atom. The fraction of sp³-hybridized carbons (Fsp3) is 0.0455. The molecule has 0 saturated carbocycles. The quantitative estimate of drug-likeness (QED) is 0.424. The maximum atomic E-state index is 13.1. The summed E-state index contributed by atoms with van der Waals surface area (Å²) in [5.41, 5.74) is 1.66. The van der Waals surface area contributed by atoms with Crippen LogP contribution in [-0.2, 0) is 9.53 Å². The van der Waals surface area contributed by atoms with E-state index >= 15 is 0 Å². The summed E-state index contributed by atoms with van der Waals surface area (Å²) in [4.78, 5) is 41.6. The molecule has 2 aromatic carbocycles. The maximum absolute atomic E-state index is 13.1. The van der Waals surface area contributed by atoms with E-state index in [9.17, 15) is 9.59 Å². The van der Waals surface area contributed by atoms with Crippen molar-refractivity contribution in [2.24, 2.45) is 0 Å². The fourth-order valence-corrected chi connectivity index (χ4v) is 4.91. The van der Waals surface area contributed by atoms with Crippen molar-refractivity contribution in [3.63, 3.8) is 0 Å². The van der Waals surface area contributed by atoms with Crippen molar-refractivity contribution in [1.82, 2.24) is 15.0 Å². The number of hydrogen-bond acceptors (Lipinski definition) is 8. The number of ether oxygens (including phenoxy) is 1. The number of carbonyl (C=O) groups is 2. The van der Waals surface area contributed by atoms with Gasteiger partial charge in [0, 0.05) is 27.6 Å². The number of nitrogens with zero attached hydrogens (tertiary/aromatic N) is 4. The molecule has 152 valence electrons. The second-order valence-corrected chi connectivity index (χ2v) is 8.39. The van der Waals surface area contributed by atoms with Crippen LogP contribution in [0.25, 0.3) is 10.8 Å². The Morgan fingerprint density at radius 3 is 2.23 bits per heavy atom. The van der Waals surface area contributed by atoms with Gasteiger partial charge in [-0.2, -0.15) is 0 Å². The van der Waals surface area contributed by atoms with E-state index in [4.69, 9.17) is 4.74 Å². The van der Waals surface area contributed by atoms with E-state index < -0.39 is 12.6 Å². The third-order valence-corrected chi connectivity index (χ3v) is 6.45. The highest BCUT2D eigenvalue weighted by molar-refractivity contribution is 7.99. The van der Waals surface area contributed by atoms with Gasteiger partial charge in [-0.15, -0.1) is 11.3 Å². The number of carbonyl (C=O) groups excluding carboxylic acids is 2. The molecule has 0 atom stereocenters. The standard InChI is InChI=1S/C22H14N4O3S2/c27-19(12-29-22(28)14-13-30-21(25-14)20-23-10-5-11-24-20)26-15-6-1-3-8-17(15)31-18-9-4-2-7-16(18)26/h1-11,13H,12H2. The zero-order valence-electron chi connectivity index (χ0n) is 16.0. The van der Waals surface area contributed by atoms with Gasteiger partial charge < -0.3 is 4.74 Å². The lowest BCUT2D eigenvalue weighted by molar-refractivity contribution is -0.121. The van der Waals surface area contributed by atoms with E-state index in [1.54, 1.807) is 40.5 Å². The summed E-state index contributed by atoms with van der Waals surface area (Å²) in [6.07, 6.45) is 3.21. The van der Waals surface area contributed by atoms with Crippen LogP contribution in [-0.4, -0.2) is 33.4 Å². The molecule has 3 heterocycles. The van der Waals surface area contributed by atoms with Crippen LogP contribution in [0, 0.1) is 0 Å². The minimum Gasteiger partial charge on any atom is -0.451 e. The highest BCUT2D eigenvalue weighted by Gasteiger charge is 2.28. The summed E-state index contributed by atoms with van der Waals surface area (Å²) >= 11 is 2.84. The molecule has 4 aromatic rings. The minimum absolute atomic E-state index is 0.121. The Labute approximate surface area is 185 Å². The first-order valence-corrected chi connectivity index (χ1v) is 11.0. The molecule has 0 fully saturated rings. The number of hydrogen-bond donors (Lipinski definition) is 0. The number of para-hydroxylation sites is 2. The molecular weight excluding hydrogens is 432 g/mol. The largest absolute Gasteiger partial charge is 0.451 e. The molecule has 7 nitrogen and oxygen atoms in total. The van der Waals surface area contributed by atoms with Crippen LogP contribution in [0.5, 0.6) is 0 Å². The first kappa shape index (κ1) is 19.4. The summed E-state index contributed by atoms with van der Waals surface area (Å²) < 4.78 is 5.29. The first-order chi connectivity index (χ1) is 15.2. The molecule has 0 radical (unpaired) electrons. The number of esters is 1. The number of thiazole rings is 1. The predicted octanol–water partition coefficient (Wildman–Crippen LogP) is 4.59. The van der Waals surface area contributed by atoms with E-state index in [-0.39, 0.29) is 11.6 Å². The molecular formula is C22H14N4O3S2. The molecule has 1 aliphatic heterocycles. The van der Waals surface area contributed by atoms with E-state index in [2.05, 4.69) is 15.0 Å². The van der Waals surface area contributed by atoms with Crippen molar-refractivity contribution in [2.75, 3.05) is 11.5 Å². The monoisotopic (exact) mass is 446 g/mol. The van der Waals surface area contributed by atoms with Crippen molar-refractivity contribution < 1.29 is 14.3 Å². The zero-order chi connectivity index (χ0) is 21.2. The van der Waals surface area contributed by atoms with Crippen molar-refractivity contribution >= 4 is 46.3 Å². The van der Waals surface area contributed by atoms with E-state index in [0.29, 0.717) is 10.8 Å². The van der Waals surface area contributed by atoms with Gasteiger partial charge in [0.2, 0.25) is 0 Å². The van der Waals surface area contributed by atoms with Gasteiger partial charge in [-0.05, 0) is 30.3 Å². The molecule has 2 aromatic heterocycles. The number of benzene rings is 2. The van der Waals surface area contributed by atoms with E-state index in [1.165, 1.54) is 11.3 Å². The third kappa shape index (κ3) is 3.80. The summed E-state index contributed by atoms with van der Waals surface area (Å²) in [7, 11) is 0. The summed E-state index contributed by atoms with van der Waals surface area (Å²) in [6, 6.07) is 17.0. The first-order valence-electron chi connectivity index (χ1n) is 9.29. The number of anilines is 2.